The van der Waals surface area contributed by atoms with E-state index in [4.69, 9.17) is 0 Å². The number of fused-ring (bicyclic) bond motifs is 1. The van der Waals surface area contributed by atoms with E-state index in [1.54, 1.807) is 0 Å². The van der Waals surface area contributed by atoms with Crippen molar-refractivity contribution >= 4 is 16.9 Å². The molecule has 2 aromatic rings. The number of piperidine rings is 1. The first-order valence-corrected chi connectivity index (χ1v) is 8.69. The van der Waals surface area contributed by atoms with Crippen molar-refractivity contribution in [1.29, 1.82) is 0 Å². The van der Waals surface area contributed by atoms with Crippen molar-refractivity contribution in [1.82, 2.24) is 20.2 Å². The maximum atomic E-state index is 12.1. The number of hydrogen-bond donors (Lipinski definition) is 2. The number of hydrogen-bond acceptors (Lipinski definition) is 3. The Morgan fingerprint density at radius 1 is 1.30 bits per heavy atom. The lowest BCUT2D eigenvalue weighted by Crippen LogP contribution is -2.32. The van der Waals surface area contributed by atoms with Gasteiger partial charge in [-0.1, -0.05) is 18.6 Å². The van der Waals surface area contributed by atoms with E-state index in [0.29, 0.717) is 6.42 Å². The summed E-state index contributed by atoms with van der Waals surface area (Å²) in [6.45, 7) is 5.39. The van der Waals surface area contributed by atoms with E-state index in [-0.39, 0.29) is 11.9 Å². The Morgan fingerprint density at radius 3 is 2.87 bits per heavy atom. The zero-order valence-corrected chi connectivity index (χ0v) is 13.8. The number of likely N-dealkylation sites (tertiary alicyclic amines) is 1. The summed E-state index contributed by atoms with van der Waals surface area (Å²) < 4.78 is 0. The highest BCUT2D eigenvalue weighted by Crippen LogP contribution is 2.15. The Balaban J connectivity index is 1.45. The number of imidazole rings is 1. The molecule has 0 aliphatic carbocycles. The van der Waals surface area contributed by atoms with Crippen LogP contribution in [-0.2, 0) is 4.79 Å². The van der Waals surface area contributed by atoms with Crippen LogP contribution in [0.25, 0.3) is 11.0 Å². The molecule has 1 amide bonds. The maximum Gasteiger partial charge on any atom is 0.220 e. The summed E-state index contributed by atoms with van der Waals surface area (Å²) in [7, 11) is 0. The maximum absolute atomic E-state index is 12.1. The minimum Gasteiger partial charge on any atom is -0.346 e. The van der Waals surface area contributed by atoms with Gasteiger partial charge in [-0.25, -0.2) is 4.98 Å². The van der Waals surface area contributed by atoms with Gasteiger partial charge >= 0.3 is 0 Å². The molecule has 1 aromatic heterocycles. The Morgan fingerprint density at radius 2 is 2.09 bits per heavy atom. The molecule has 1 aromatic carbocycles. The number of H-pyrrole nitrogens is 1. The first kappa shape index (κ1) is 16.0. The van der Waals surface area contributed by atoms with Gasteiger partial charge in [0.25, 0.3) is 0 Å². The highest BCUT2D eigenvalue weighted by Gasteiger charge is 2.14. The lowest BCUT2D eigenvalue weighted by molar-refractivity contribution is -0.121. The van der Waals surface area contributed by atoms with Crippen LogP contribution in [0.5, 0.6) is 0 Å². The number of aromatic nitrogens is 2. The van der Waals surface area contributed by atoms with E-state index < -0.39 is 0 Å². The lowest BCUT2D eigenvalue weighted by Gasteiger charge is -2.26. The zero-order chi connectivity index (χ0) is 16.1. The van der Waals surface area contributed by atoms with Crippen molar-refractivity contribution in [2.75, 3.05) is 19.6 Å². The molecular formula is C18H26N4O. The van der Waals surface area contributed by atoms with E-state index >= 15 is 0 Å². The predicted molar refractivity (Wildman–Crippen MR) is 92.2 cm³/mol. The van der Waals surface area contributed by atoms with Crippen LogP contribution in [0.3, 0.4) is 0 Å². The Hall–Kier alpha value is -1.88. The van der Waals surface area contributed by atoms with Crippen LogP contribution < -0.4 is 5.32 Å². The summed E-state index contributed by atoms with van der Waals surface area (Å²) in [5.41, 5.74) is 1.95. The largest absolute Gasteiger partial charge is 0.346 e. The normalized spacial score (nSPS) is 17.3. The Labute approximate surface area is 137 Å². The summed E-state index contributed by atoms with van der Waals surface area (Å²) in [5.74, 6) is 0.922. The summed E-state index contributed by atoms with van der Waals surface area (Å²) in [6.07, 6.45) is 5.47. The minimum absolute atomic E-state index is 0.0927. The molecular weight excluding hydrogens is 288 g/mol. The fraction of sp³-hybridized carbons (Fsp3) is 0.556. The second-order valence-corrected chi connectivity index (χ2v) is 6.43. The van der Waals surface area contributed by atoms with Gasteiger partial charge in [0.2, 0.25) is 5.91 Å². The average Bonchev–Trinajstić information content (AvgIpc) is 3.00. The molecule has 0 spiro atoms. The second-order valence-electron chi connectivity index (χ2n) is 6.43. The molecule has 1 saturated heterocycles. The Kier molecular flexibility index (Phi) is 5.28. The number of amides is 1. The third-order valence-electron chi connectivity index (χ3n) is 4.52. The van der Waals surface area contributed by atoms with Crippen molar-refractivity contribution in [3.63, 3.8) is 0 Å². The molecule has 124 valence electrons. The highest BCUT2D eigenvalue weighted by molar-refractivity contribution is 5.77. The average molecular weight is 314 g/mol. The number of carbonyl (C=O) groups is 1. The summed E-state index contributed by atoms with van der Waals surface area (Å²) in [6, 6.07) is 7.83. The molecule has 0 radical (unpaired) electrons. The number of rotatable bonds is 6. The standard InChI is InChI=1S/C18H26N4O/c1-14(18-20-15-8-3-4-9-16(15)21-18)19-17(23)10-7-13-22-11-5-2-6-12-22/h3-4,8-9,14H,2,5-7,10-13H2,1H3,(H,19,23)(H,20,21)/t14-/m0/s1. The third-order valence-corrected chi connectivity index (χ3v) is 4.52. The van der Waals surface area contributed by atoms with E-state index in [0.717, 1.165) is 29.8 Å². The van der Waals surface area contributed by atoms with Gasteiger partial charge in [-0.3, -0.25) is 4.79 Å². The van der Waals surface area contributed by atoms with Gasteiger partial charge in [-0.15, -0.1) is 0 Å². The minimum atomic E-state index is -0.0927. The van der Waals surface area contributed by atoms with Gasteiger partial charge in [0, 0.05) is 6.42 Å². The molecule has 5 heteroatoms. The van der Waals surface area contributed by atoms with Crippen LogP contribution in [0.15, 0.2) is 24.3 Å². The lowest BCUT2D eigenvalue weighted by atomic mass is 10.1. The van der Waals surface area contributed by atoms with Gasteiger partial charge in [0.05, 0.1) is 17.1 Å². The first-order chi connectivity index (χ1) is 11.2. The molecule has 2 heterocycles. The van der Waals surface area contributed by atoms with E-state index in [1.807, 2.05) is 31.2 Å². The fourth-order valence-electron chi connectivity index (χ4n) is 3.21. The molecule has 1 fully saturated rings. The quantitative estimate of drug-likeness (QED) is 0.861. The van der Waals surface area contributed by atoms with Crippen LogP contribution >= 0.6 is 0 Å². The Bertz CT molecular complexity index is 612. The third kappa shape index (κ3) is 4.32. The van der Waals surface area contributed by atoms with Crippen LogP contribution in [0.1, 0.15) is 50.9 Å². The monoisotopic (exact) mass is 314 g/mol. The summed E-state index contributed by atoms with van der Waals surface area (Å²) >= 11 is 0. The summed E-state index contributed by atoms with van der Waals surface area (Å²) in [4.78, 5) is 22.4. The number of nitrogens with zero attached hydrogens (tertiary/aromatic N) is 2. The van der Waals surface area contributed by atoms with Crippen molar-refractivity contribution in [2.24, 2.45) is 0 Å². The van der Waals surface area contributed by atoms with Crippen molar-refractivity contribution in [2.45, 2.75) is 45.1 Å². The number of carbonyl (C=O) groups excluding carboxylic acids is 1. The topological polar surface area (TPSA) is 61.0 Å². The fourth-order valence-corrected chi connectivity index (χ4v) is 3.21. The smallest absolute Gasteiger partial charge is 0.220 e. The van der Waals surface area contributed by atoms with E-state index in [1.165, 1.54) is 32.4 Å². The van der Waals surface area contributed by atoms with E-state index in [9.17, 15) is 4.79 Å². The molecule has 0 bridgehead atoms. The van der Waals surface area contributed by atoms with Crippen molar-refractivity contribution < 1.29 is 4.79 Å². The number of benzene rings is 1. The highest BCUT2D eigenvalue weighted by atomic mass is 16.1. The number of para-hydroxylation sites is 2. The van der Waals surface area contributed by atoms with E-state index in [2.05, 4.69) is 20.2 Å². The summed E-state index contributed by atoms with van der Waals surface area (Å²) in [5, 5.41) is 3.04. The SMILES string of the molecule is C[C@H](NC(=O)CCCN1CCCCC1)c1nc2ccccc2[nH]1. The van der Waals surface area contributed by atoms with Gasteiger partial charge < -0.3 is 15.2 Å². The molecule has 3 rings (SSSR count). The molecule has 1 aliphatic rings. The van der Waals surface area contributed by atoms with Crippen molar-refractivity contribution in [3.8, 4) is 0 Å². The number of aromatic amines is 1. The van der Waals surface area contributed by atoms with Gasteiger partial charge in [-0.2, -0.15) is 0 Å². The van der Waals surface area contributed by atoms with Crippen LogP contribution in [-0.4, -0.2) is 40.4 Å². The van der Waals surface area contributed by atoms with Crippen LogP contribution in [0.4, 0.5) is 0 Å². The van der Waals surface area contributed by atoms with Crippen LogP contribution in [0, 0.1) is 0 Å². The second kappa shape index (κ2) is 7.59. The molecule has 2 N–H and O–H groups in total. The predicted octanol–water partition coefficient (Wildman–Crippen LogP) is 3.01. The molecule has 0 unspecified atom stereocenters. The molecule has 0 saturated carbocycles. The molecule has 5 nitrogen and oxygen atoms in total. The van der Waals surface area contributed by atoms with Gasteiger partial charge in [0.15, 0.2) is 0 Å². The van der Waals surface area contributed by atoms with Crippen molar-refractivity contribution in [3.05, 3.63) is 30.1 Å². The van der Waals surface area contributed by atoms with Crippen LogP contribution in [0.2, 0.25) is 0 Å². The van der Waals surface area contributed by atoms with Gasteiger partial charge in [0.1, 0.15) is 5.82 Å². The number of nitrogens with one attached hydrogen (secondary N) is 2. The van der Waals surface area contributed by atoms with Gasteiger partial charge in [-0.05, 0) is 58.0 Å². The molecule has 1 atom stereocenters. The first-order valence-electron chi connectivity index (χ1n) is 8.69. The zero-order valence-electron chi connectivity index (χ0n) is 13.8. The molecule has 1 aliphatic heterocycles. The molecule has 23 heavy (non-hydrogen) atoms.